The Labute approximate surface area is 234 Å². The van der Waals surface area contributed by atoms with Gasteiger partial charge in [0.05, 0.1) is 17.7 Å². The predicted octanol–water partition coefficient (Wildman–Crippen LogP) is 4.80. The van der Waals surface area contributed by atoms with E-state index in [1.165, 1.54) is 26.2 Å². The highest BCUT2D eigenvalue weighted by atomic mass is 16.8. The summed E-state index contributed by atoms with van der Waals surface area (Å²) in [5.74, 6) is -1.53. The van der Waals surface area contributed by atoms with Gasteiger partial charge in [0, 0.05) is 19.1 Å². The molecule has 0 radical (unpaired) electrons. The molecule has 9 heteroatoms. The molecule has 3 aliphatic heterocycles. The number of hydrogen-bond donors (Lipinski definition) is 0. The van der Waals surface area contributed by atoms with E-state index >= 15 is 0 Å². The van der Waals surface area contributed by atoms with Crippen LogP contribution in [0.1, 0.15) is 84.9 Å². The normalized spacial score (nSPS) is 27.8. The molecule has 0 aromatic heterocycles. The lowest BCUT2D eigenvalue weighted by Crippen LogP contribution is -2.68. The van der Waals surface area contributed by atoms with E-state index in [4.69, 9.17) is 23.7 Å². The van der Waals surface area contributed by atoms with E-state index in [0.717, 1.165) is 29.7 Å². The SMILES string of the molecule is CCCCCCCCO[C@@H]1O[C@@H]2CO[C@@H](c3ccccc3)O[C@H]2[C@H](OC(C)=O)[C@H]1N1C(=O)c2ccccc2C1=O. The Morgan fingerprint density at radius 3 is 2.23 bits per heavy atom. The fraction of sp³-hybridized carbons (Fsp3) is 0.516. The molecule has 2 aromatic carbocycles. The second-order valence-electron chi connectivity index (χ2n) is 10.4. The van der Waals surface area contributed by atoms with Crippen LogP contribution in [0.5, 0.6) is 0 Å². The summed E-state index contributed by atoms with van der Waals surface area (Å²) in [4.78, 5) is 40.7. The van der Waals surface area contributed by atoms with E-state index in [1.54, 1.807) is 24.3 Å². The Morgan fingerprint density at radius 1 is 0.900 bits per heavy atom. The van der Waals surface area contributed by atoms with Gasteiger partial charge >= 0.3 is 5.97 Å². The molecule has 214 valence electrons. The van der Waals surface area contributed by atoms with E-state index < -0.39 is 54.7 Å². The summed E-state index contributed by atoms with van der Waals surface area (Å²) in [6.45, 7) is 4.00. The van der Waals surface area contributed by atoms with Gasteiger partial charge in [-0.25, -0.2) is 0 Å². The molecule has 0 unspecified atom stereocenters. The number of rotatable bonds is 11. The Bertz CT molecular complexity index is 1150. The van der Waals surface area contributed by atoms with Crippen LogP contribution in [-0.4, -0.2) is 66.5 Å². The van der Waals surface area contributed by atoms with E-state index in [9.17, 15) is 14.4 Å². The standard InChI is InChI=1S/C31H37NO8/c1-3-4-5-6-7-13-18-36-31-25(32-28(34)22-16-11-12-17-23(22)29(32)35)27(38-20(2)33)26-24(39-31)19-37-30(40-26)21-14-9-8-10-15-21/h8-12,14-17,24-27,30-31H,3-7,13,18-19H2,1-2H3/t24-,25-,26-,27-,30-,31-/m1/s1. The van der Waals surface area contributed by atoms with Crippen LogP contribution in [-0.2, 0) is 28.5 Å². The van der Waals surface area contributed by atoms with Crippen molar-refractivity contribution in [1.29, 1.82) is 0 Å². The van der Waals surface area contributed by atoms with Gasteiger partial charge in [0.1, 0.15) is 18.2 Å². The number of fused-ring (bicyclic) bond motifs is 2. The first kappa shape index (κ1) is 28.4. The third-order valence-corrected chi connectivity index (χ3v) is 7.58. The van der Waals surface area contributed by atoms with E-state index in [-0.39, 0.29) is 6.61 Å². The van der Waals surface area contributed by atoms with Crippen LogP contribution in [0.3, 0.4) is 0 Å². The number of carbonyl (C=O) groups is 3. The van der Waals surface area contributed by atoms with Gasteiger partial charge in [-0.1, -0.05) is 81.5 Å². The summed E-state index contributed by atoms with van der Waals surface area (Å²) < 4.78 is 30.7. The number of amides is 2. The smallest absolute Gasteiger partial charge is 0.303 e. The van der Waals surface area contributed by atoms with Gasteiger partial charge in [-0.3, -0.25) is 19.3 Å². The van der Waals surface area contributed by atoms with E-state index in [1.807, 2.05) is 30.3 Å². The molecule has 5 rings (SSSR count). The lowest BCUT2D eigenvalue weighted by Gasteiger charge is -2.50. The van der Waals surface area contributed by atoms with Crippen LogP contribution >= 0.6 is 0 Å². The summed E-state index contributed by atoms with van der Waals surface area (Å²) in [7, 11) is 0. The van der Waals surface area contributed by atoms with E-state index in [2.05, 4.69) is 6.92 Å². The number of ether oxygens (including phenoxy) is 5. The van der Waals surface area contributed by atoms with Crippen LogP contribution in [0, 0.1) is 0 Å². The van der Waals surface area contributed by atoms with Crippen molar-refractivity contribution in [3.8, 4) is 0 Å². The highest BCUT2D eigenvalue weighted by molar-refractivity contribution is 6.21. The maximum Gasteiger partial charge on any atom is 0.303 e. The summed E-state index contributed by atoms with van der Waals surface area (Å²) in [6.07, 6.45) is 2.23. The molecule has 0 saturated carbocycles. The van der Waals surface area contributed by atoms with Crippen molar-refractivity contribution >= 4 is 17.8 Å². The van der Waals surface area contributed by atoms with Crippen molar-refractivity contribution in [3.63, 3.8) is 0 Å². The fourth-order valence-electron chi connectivity index (χ4n) is 5.63. The van der Waals surface area contributed by atoms with Crippen LogP contribution < -0.4 is 0 Å². The van der Waals surface area contributed by atoms with Gasteiger partial charge in [-0.05, 0) is 18.6 Å². The number of nitrogens with zero attached hydrogens (tertiary/aromatic N) is 1. The highest BCUT2D eigenvalue weighted by Crippen LogP contribution is 2.39. The van der Waals surface area contributed by atoms with Crippen LogP contribution in [0.4, 0.5) is 0 Å². The van der Waals surface area contributed by atoms with Crippen LogP contribution in [0.15, 0.2) is 54.6 Å². The maximum absolute atomic E-state index is 13.6. The molecule has 40 heavy (non-hydrogen) atoms. The fourth-order valence-corrected chi connectivity index (χ4v) is 5.63. The Kier molecular flexibility index (Phi) is 9.26. The van der Waals surface area contributed by atoms with Gasteiger partial charge in [0.15, 0.2) is 18.7 Å². The first-order valence-electron chi connectivity index (χ1n) is 14.2. The average molecular weight is 552 g/mol. The number of imide groups is 1. The number of unbranched alkanes of at least 4 members (excludes halogenated alkanes) is 5. The van der Waals surface area contributed by atoms with Crippen molar-refractivity contribution < 1.29 is 38.1 Å². The average Bonchev–Trinajstić information content (AvgIpc) is 3.22. The van der Waals surface area contributed by atoms with Crippen molar-refractivity contribution in [1.82, 2.24) is 4.90 Å². The molecule has 3 aliphatic rings. The third kappa shape index (κ3) is 5.98. The summed E-state index contributed by atoms with van der Waals surface area (Å²) in [5.41, 5.74) is 1.38. The second-order valence-corrected chi connectivity index (χ2v) is 10.4. The van der Waals surface area contributed by atoms with Gasteiger partial charge < -0.3 is 23.7 Å². The van der Waals surface area contributed by atoms with Crippen molar-refractivity contribution in [2.45, 2.75) is 89.3 Å². The number of carbonyl (C=O) groups excluding carboxylic acids is 3. The molecule has 0 aliphatic carbocycles. The zero-order valence-electron chi connectivity index (χ0n) is 23.0. The molecular formula is C31H37NO8. The molecule has 0 N–H and O–H groups in total. The molecule has 2 fully saturated rings. The monoisotopic (exact) mass is 551 g/mol. The molecule has 2 aromatic rings. The molecule has 2 amide bonds. The first-order valence-corrected chi connectivity index (χ1v) is 14.2. The second kappa shape index (κ2) is 13.0. The van der Waals surface area contributed by atoms with Gasteiger partial charge in [-0.15, -0.1) is 0 Å². The van der Waals surface area contributed by atoms with E-state index in [0.29, 0.717) is 17.7 Å². The minimum absolute atomic E-state index is 0.160. The molecule has 2 saturated heterocycles. The van der Waals surface area contributed by atoms with Gasteiger partial charge in [0.25, 0.3) is 11.8 Å². The summed E-state index contributed by atoms with van der Waals surface area (Å²) in [6, 6.07) is 15.0. The molecular weight excluding hydrogens is 514 g/mol. The van der Waals surface area contributed by atoms with Gasteiger partial charge in [-0.2, -0.15) is 0 Å². The van der Waals surface area contributed by atoms with Gasteiger partial charge in [0.2, 0.25) is 0 Å². The Hall–Kier alpha value is -3.11. The molecule has 9 nitrogen and oxygen atoms in total. The minimum Gasteiger partial charge on any atom is -0.457 e. The van der Waals surface area contributed by atoms with Crippen molar-refractivity contribution in [2.75, 3.05) is 13.2 Å². The Balaban J connectivity index is 1.42. The number of esters is 1. The number of benzene rings is 2. The molecule has 0 bridgehead atoms. The topological polar surface area (TPSA) is 101 Å². The summed E-state index contributed by atoms with van der Waals surface area (Å²) >= 11 is 0. The first-order chi connectivity index (χ1) is 19.5. The zero-order chi connectivity index (χ0) is 28.1. The summed E-state index contributed by atoms with van der Waals surface area (Å²) in [5, 5.41) is 0. The minimum atomic E-state index is -1.05. The lowest BCUT2D eigenvalue weighted by atomic mass is 9.94. The molecule has 0 spiro atoms. The van der Waals surface area contributed by atoms with Crippen molar-refractivity contribution in [2.24, 2.45) is 0 Å². The van der Waals surface area contributed by atoms with Crippen LogP contribution in [0.25, 0.3) is 0 Å². The molecule has 3 heterocycles. The lowest BCUT2D eigenvalue weighted by molar-refractivity contribution is -0.349. The number of hydrogen-bond acceptors (Lipinski definition) is 8. The largest absolute Gasteiger partial charge is 0.457 e. The Morgan fingerprint density at radius 2 is 1.55 bits per heavy atom. The third-order valence-electron chi connectivity index (χ3n) is 7.58. The predicted molar refractivity (Wildman–Crippen MR) is 144 cm³/mol. The van der Waals surface area contributed by atoms with Crippen molar-refractivity contribution in [3.05, 3.63) is 71.3 Å². The van der Waals surface area contributed by atoms with Crippen LogP contribution in [0.2, 0.25) is 0 Å². The zero-order valence-corrected chi connectivity index (χ0v) is 23.0. The maximum atomic E-state index is 13.6. The highest BCUT2D eigenvalue weighted by Gasteiger charge is 2.57. The quantitative estimate of drug-likeness (QED) is 0.223. The molecule has 6 atom stereocenters.